The number of nitrogens with one attached hydrogen (secondary N) is 2. The second-order valence-corrected chi connectivity index (χ2v) is 8.50. The number of hydrogen-bond acceptors (Lipinski definition) is 4. The van der Waals surface area contributed by atoms with Crippen LogP contribution in [0.25, 0.3) is 0 Å². The summed E-state index contributed by atoms with van der Waals surface area (Å²) in [7, 11) is 0. The van der Waals surface area contributed by atoms with E-state index < -0.39 is 0 Å². The lowest BCUT2D eigenvalue weighted by Crippen LogP contribution is -2.44. The smallest absolute Gasteiger partial charge is 0.407 e. The van der Waals surface area contributed by atoms with Crippen molar-refractivity contribution in [3.8, 4) is 0 Å². The SMILES string of the molecule is NC[C@]1(c2cccc(Cl)c2)CC[C@H](NCCCNC(=O)OCc2ccccc2)CC1. The average Bonchev–Trinajstić information content (AvgIpc) is 2.79. The molecule has 4 N–H and O–H groups in total. The minimum absolute atomic E-state index is 0.0349. The minimum Gasteiger partial charge on any atom is -0.445 e. The van der Waals surface area contributed by atoms with Gasteiger partial charge in [0.1, 0.15) is 6.61 Å². The van der Waals surface area contributed by atoms with Crippen LogP contribution in [0, 0.1) is 0 Å². The van der Waals surface area contributed by atoms with Crippen LogP contribution in [0.4, 0.5) is 4.79 Å². The Bertz CT molecular complexity index is 792. The topological polar surface area (TPSA) is 76.4 Å². The molecule has 6 heteroatoms. The summed E-state index contributed by atoms with van der Waals surface area (Å²) in [6, 6.07) is 18.3. The highest BCUT2D eigenvalue weighted by atomic mass is 35.5. The third-order valence-corrected chi connectivity index (χ3v) is 6.27. The molecule has 0 saturated heterocycles. The molecule has 30 heavy (non-hydrogen) atoms. The molecule has 0 aromatic heterocycles. The van der Waals surface area contributed by atoms with Gasteiger partial charge in [-0.15, -0.1) is 0 Å². The highest BCUT2D eigenvalue weighted by molar-refractivity contribution is 6.30. The number of rotatable bonds is 9. The lowest BCUT2D eigenvalue weighted by atomic mass is 9.68. The molecule has 0 unspecified atom stereocenters. The van der Waals surface area contributed by atoms with Crippen molar-refractivity contribution < 1.29 is 9.53 Å². The van der Waals surface area contributed by atoms with Gasteiger partial charge in [0.15, 0.2) is 0 Å². The third kappa shape index (κ3) is 6.46. The van der Waals surface area contributed by atoms with Gasteiger partial charge < -0.3 is 21.1 Å². The van der Waals surface area contributed by atoms with Crippen LogP contribution in [-0.4, -0.2) is 31.8 Å². The molecule has 2 aromatic rings. The zero-order chi connectivity index (χ0) is 21.2. The van der Waals surface area contributed by atoms with Gasteiger partial charge in [-0.1, -0.05) is 54.1 Å². The van der Waals surface area contributed by atoms with Crippen LogP contribution in [0.1, 0.15) is 43.2 Å². The molecule has 2 aromatic carbocycles. The van der Waals surface area contributed by atoms with Gasteiger partial charge >= 0.3 is 6.09 Å². The van der Waals surface area contributed by atoms with Crippen LogP contribution in [0.2, 0.25) is 5.02 Å². The van der Waals surface area contributed by atoms with Gasteiger partial charge in [-0.05, 0) is 61.9 Å². The van der Waals surface area contributed by atoms with Crippen molar-refractivity contribution in [1.29, 1.82) is 0 Å². The number of carbonyl (C=O) groups excluding carboxylic acids is 1. The van der Waals surface area contributed by atoms with Gasteiger partial charge in [0.25, 0.3) is 0 Å². The van der Waals surface area contributed by atoms with E-state index in [0.29, 0.717) is 25.7 Å². The molecular formula is C24H32ClN3O2. The van der Waals surface area contributed by atoms with Crippen LogP contribution in [-0.2, 0) is 16.8 Å². The Kier molecular flexibility index (Phi) is 8.55. The van der Waals surface area contributed by atoms with Crippen molar-refractivity contribution in [2.75, 3.05) is 19.6 Å². The molecule has 0 aliphatic heterocycles. The molecule has 1 amide bonds. The third-order valence-electron chi connectivity index (χ3n) is 6.04. The van der Waals surface area contributed by atoms with Gasteiger partial charge in [0, 0.05) is 29.6 Å². The predicted molar refractivity (Wildman–Crippen MR) is 122 cm³/mol. The normalized spacial score (nSPS) is 21.2. The summed E-state index contributed by atoms with van der Waals surface area (Å²) in [6.07, 6.45) is 4.81. The van der Waals surface area contributed by atoms with Gasteiger partial charge in [-0.3, -0.25) is 0 Å². The molecule has 3 rings (SSSR count). The number of amides is 1. The van der Waals surface area contributed by atoms with E-state index in [4.69, 9.17) is 22.1 Å². The van der Waals surface area contributed by atoms with Crippen LogP contribution in [0.3, 0.4) is 0 Å². The molecular weight excluding hydrogens is 398 g/mol. The second kappa shape index (κ2) is 11.3. The quantitative estimate of drug-likeness (QED) is 0.517. The summed E-state index contributed by atoms with van der Waals surface area (Å²) in [5.74, 6) is 0. The van der Waals surface area contributed by atoms with Crippen LogP contribution in [0.5, 0.6) is 0 Å². The molecule has 0 spiro atoms. The fourth-order valence-electron chi connectivity index (χ4n) is 4.16. The number of nitrogens with two attached hydrogens (primary N) is 1. The molecule has 0 radical (unpaired) electrons. The number of hydrogen-bond donors (Lipinski definition) is 3. The highest BCUT2D eigenvalue weighted by Gasteiger charge is 2.35. The van der Waals surface area contributed by atoms with Crippen molar-refractivity contribution in [2.45, 2.75) is 50.2 Å². The molecule has 1 aliphatic carbocycles. The van der Waals surface area contributed by atoms with E-state index in [9.17, 15) is 4.79 Å². The first kappa shape index (κ1) is 22.6. The molecule has 0 bridgehead atoms. The molecule has 5 nitrogen and oxygen atoms in total. The van der Waals surface area contributed by atoms with Gasteiger partial charge in [0.2, 0.25) is 0 Å². The summed E-state index contributed by atoms with van der Waals surface area (Å²) in [5, 5.41) is 7.20. The number of ether oxygens (including phenoxy) is 1. The van der Waals surface area contributed by atoms with E-state index in [1.807, 2.05) is 42.5 Å². The second-order valence-electron chi connectivity index (χ2n) is 8.07. The summed E-state index contributed by atoms with van der Waals surface area (Å²) in [6.45, 7) is 2.41. The molecule has 0 heterocycles. The van der Waals surface area contributed by atoms with Crippen molar-refractivity contribution >= 4 is 17.7 Å². The Labute approximate surface area is 184 Å². The minimum atomic E-state index is -0.370. The standard InChI is InChI=1S/C24H32ClN3O2/c25-21-9-4-8-20(16-21)24(18-26)12-10-22(11-13-24)27-14-5-15-28-23(29)30-17-19-6-2-1-3-7-19/h1-4,6-9,16,22,27H,5,10-15,17-18,26H2,(H,28,29)/t22-,24-. The van der Waals surface area contributed by atoms with E-state index >= 15 is 0 Å². The van der Waals surface area contributed by atoms with E-state index in [-0.39, 0.29) is 11.5 Å². The van der Waals surface area contributed by atoms with Crippen molar-refractivity contribution in [1.82, 2.24) is 10.6 Å². The first-order chi connectivity index (χ1) is 14.6. The Hall–Kier alpha value is -2.08. The lowest BCUT2D eigenvalue weighted by molar-refractivity contribution is 0.139. The lowest BCUT2D eigenvalue weighted by Gasteiger charge is -2.40. The zero-order valence-corrected chi connectivity index (χ0v) is 18.2. The Morgan fingerprint density at radius 1 is 1.10 bits per heavy atom. The molecule has 0 atom stereocenters. The molecule has 162 valence electrons. The fraction of sp³-hybridized carbons (Fsp3) is 0.458. The fourth-order valence-corrected chi connectivity index (χ4v) is 4.35. The number of carbonyl (C=O) groups is 1. The maximum Gasteiger partial charge on any atom is 0.407 e. The predicted octanol–water partition coefficient (Wildman–Crippen LogP) is 4.39. The zero-order valence-electron chi connectivity index (χ0n) is 17.4. The summed E-state index contributed by atoms with van der Waals surface area (Å²) < 4.78 is 5.22. The van der Waals surface area contributed by atoms with Gasteiger partial charge in [-0.25, -0.2) is 4.79 Å². The molecule has 1 aliphatic rings. The number of alkyl carbamates (subject to hydrolysis) is 1. The molecule has 1 saturated carbocycles. The van der Waals surface area contributed by atoms with Crippen LogP contribution in [0.15, 0.2) is 54.6 Å². The first-order valence-corrected chi connectivity index (χ1v) is 11.1. The monoisotopic (exact) mass is 429 g/mol. The Balaban J connectivity index is 1.31. The van der Waals surface area contributed by atoms with E-state index in [1.165, 1.54) is 5.56 Å². The number of benzene rings is 2. The highest BCUT2D eigenvalue weighted by Crippen LogP contribution is 2.39. The maximum absolute atomic E-state index is 11.8. The average molecular weight is 430 g/mol. The largest absolute Gasteiger partial charge is 0.445 e. The van der Waals surface area contributed by atoms with E-state index in [0.717, 1.165) is 49.2 Å². The van der Waals surface area contributed by atoms with Gasteiger partial charge in [-0.2, -0.15) is 0 Å². The summed E-state index contributed by atoms with van der Waals surface area (Å²) >= 11 is 6.19. The first-order valence-electron chi connectivity index (χ1n) is 10.8. The van der Waals surface area contributed by atoms with Crippen molar-refractivity contribution in [2.24, 2.45) is 5.73 Å². The summed E-state index contributed by atoms with van der Waals surface area (Å²) in [4.78, 5) is 11.8. The van der Waals surface area contributed by atoms with Crippen molar-refractivity contribution in [3.63, 3.8) is 0 Å². The Morgan fingerprint density at radius 2 is 1.87 bits per heavy atom. The van der Waals surface area contributed by atoms with Crippen LogP contribution >= 0.6 is 11.6 Å². The maximum atomic E-state index is 11.8. The molecule has 1 fully saturated rings. The van der Waals surface area contributed by atoms with Crippen molar-refractivity contribution in [3.05, 3.63) is 70.7 Å². The summed E-state index contributed by atoms with van der Waals surface area (Å²) in [5.41, 5.74) is 8.46. The van der Waals surface area contributed by atoms with E-state index in [1.54, 1.807) is 0 Å². The Morgan fingerprint density at radius 3 is 2.57 bits per heavy atom. The van der Waals surface area contributed by atoms with E-state index in [2.05, 4.69) is 22.8 Å². The van der Waals surface area contributed by atoms with Crippen LogP contribution < -0.4 is 16.4 Å². The van der Waals surface area contributed by atoms with Gasteiger partial charge in [0.05, 0.1) is 0 Å². The number of halogens is 1.